The fourth-order valence-corrected chi connectivity index (χ4v) is 3.67. The van der Waals surface area contributed by atoms with Gasteiger partial charge in [0.1, 0.15) is 0 Å². The number of nitrogens with one attached hydrogen (secondary N) is 1. The van der Waals surface area contributed by atoms with Crippen LogP contribution in [0.15, 0.2) is 18.2 Å². The summed E-state index contributed by atoms with van der Waals surface area (Å²) in [6.07, 6.45) is -1.23. The lowest BCUT2D eigenvalue weighted by Crippen LogP contribution is -2.48. The third-order valence-corrected chi connectivity index (χ3v) is 5.02. The van der Waals surface area contributed by atoms with Crippen molar-refractivity contribution in [1.82, 2.24) is 10.2 Å². The van der Waals surface area contributed by atoms with Gasteiger partial charge in [0, 0.05) is 37.2 Å². The molecule has 0 aromatic heterocycles. The Morgan fingerprint density at radius 1 is 1.17 bits per heavy atom. The van der Waals surface area contributed by atoms with Gasteiger partial charge < -0.3 is 5.32 Å². The lowest BCUT2D eigenvalue weighted by Gasteiger charge is -2.44. The summed E-state index contributed by atoms with van der Waals surface area (Å²) in [7, 11) is 0. The summed E-state index contributed by atoms with van der Waals surface area (Å²) >= 11 is 5.82. The summed E-state index contributed by atoms with van der Waals surface area (Å²) in [5.41, 5.74) is -0.182. The van der Waals surface area contributed by atoms with E-state index in [4.69, 9.17) is 11.6 Å². The van der Waals surface area contributed by atoms with Crippen LogP contribution in [0.5, 0.6) is 0 Å². The molecule has 23 heavy (non-hydrogen) atoms. The molecule has 1 aliphatic heterocycles. The van der Waals surface area contributed by atoms with Crippen molar-refractivity contribution in [2.24, 2.45) is 5.92 Å². The van der Waals surface area contributed by atoms with Crippen LogP contribution in [0.3, 0.4) is 0 Å². The lowest BCUT2D eigenvalue weighted by molar-refractivity contribution is -0.139. The summed E-state index contributed by atoms with van der Waals surface area (Å²) in [5, 5.41) is 3.41. The van der Waals surface area contributed by atoms with Crippen molar-refractivity contribution < 1.29 is 13.2 Å². The number of benzene rings is 1. The SMILES string of the molecule is Cl.FC(F)(F)c1cc(Cl)ccc1[C@@H](C1CCC1)N1CCNCC1. The normalized spacial score (nSPS) is 21.4. The second-order valence-corrected chi connectivity index (χ2v) is 6.59. The Morgan fingerprint density at radius 3 is 2.35 bits per heavy atom. The van der Waals surface area contributed by atoms with Crippen LogP contribution in [-0.2, 0) is 6.18 Å². The zero-order chi connectivity index (χ0) is 15.7. The molecule has 130 valence electrons. The molecule has 0 spiro atoms. The van der Waals surface area contributed by atoms with Crippen LogP contribution in [0.2, 0.25) is 5.02 Å². The first kappa shape index (κ1) is 18.8. The van der Waals surface area contributed by atoms with Crippen molar-refractivity contribution in [3.8, 4) is 0 Å². The van der Waals surface area contributed by atoms with Gasteiger partial charge in [-0.25, -0.2) is 0 Å². The van der Waals surface area contributed by atoms with E-state index >= 15 is 0 Å². The van der Waals surface area contributed by atoms with E-state index in [1.165, 1.54) is 0 Å². The van der Waals surface area contributed by atoms with Crippen LogP contribution in [-0.4, -0.2) is 31.1 Å². The first-order chi connectivity index (χ1) is 10.5. The molecule has 1 aliphatic carbocycles. The molecule has 2 nitrogen and oxygen atoms in total. The summed E-state index contributed by atoms with van der Waals surface area (Å²) in [5.74, 6) is 0.320. The molecule has 7 heteroatoms. The van der Waals surface area contributed by atoms with Gasteiger partial charge >= 0.3 is 6.18 Å². The number of piperazine rings is 1. The predicted molar refractivity (Wildman–Crippen MR) is 88.2 cm³/mol. The van der Waals surface area contributed by atoms with Crippen molar-refractivity contribution in [2.45, 2.75) is 31.5 Å². The highest BCUT2D eigenvalue weighted by Gasteiger charge is 2.40. The van der Waals surface area contributed by atoms with Crippen molar-refractivity contribution in [1.29, 1.82) is 0 Å². The molecule has 1 aromatic carbocycles. The average molecular weight is 369 g/mol. The summed E-state index contributed by atoms with van der Waals surface area (Å²) < 4.78 is 40.4. The molecule has 0 amide bonds. The standard InChI is InChI=1S/C16H20ClF3N2.ClH/c17-12-4-5-13(14(10-12)16(18,19)20)15(11-2-1-3-11)22-8-6-21-7-9-22;/h4-5,10-11,15,21H,1-3,6-9H2;1H/t15-;/m1./s1. The van der Waals surface area contributed by atoms with Crippen LogP contribution in [0, 0.1) is 5.92 Å². The third-order valence-electron chi connectivity index (χ3n) is 4.78. The van der Waals surface area contributed by atoms with Gasteiger partial charge in [0.05, 0.1) is 5.56 Å². The van der Waals surface area contributed by atoms with Crippen LogP contribution in [0.25, 0.3) is 0 Å². The Hall–Kier alpha value is -0.490. The lowest BCUT2D eigenvalue weighted by atomic mass is 9.75. The van der Waals surface area contributed by atoms with E-state index in [2.05, 4.69) is 10.2 Å². The van der Waals surface area contributed by atoms with Gasteiger partial charge in [-0.05, 0) is 36.5 Å². The second-order valence-electron chi connectivity index (χ2n) is 6.15. The van der Waals surface area contributed by atoms with Crippen molar-refractivity contribution in [3.05, 3.63) is 34.3 Å². The van der Waals surface area contributed by atoms with Crippen molar-refractivity contribution in [3.63, 3.8) is 0 Å². The van der Waals surface area contributed by atoms with E-state index in [9.17, 15) is 13.2 Å². The Labute approximate surface area is 145 Å². The Balaban J connectivity index is 0.00000192. The highest BCUT2D eigenvalue weighted by molar-refractivity contribution is 6.30. The Kier molecular flexibility index (Phi) is 6.22. The second kappa shape index (κ2) is 7.60. The quantitative estimate of drug-likeness (QED) is 0.843. The van der Waals surface area contributed by atoms with Crippen LogP contribution < -0.4 is 5.32 Å². The van der Waals surface area contributed by atoms with E-state index in [0.717, 1.165) is 51.5 Å². The average Bonchev–Trinajstić information content (AvgIpc) is 2.43. The summed E-state index contributed by atoms with van der Waals surface area (Å²) in [4.78, 5) is 2.21. The van der Waals surface area contributed by atoms with E-state index in [0.29, 0.717) is 11.5 Å². The van der Waals surface area contributed by atoms with Gasteiger partial charge in [0.15, 0.2) is 0 Å². The maximum atomic E-state index is 13.5. The van der Waals surface area contributed by atoms with Crippen LogP contribution >= 0.6 is 24.0 Å². The smallest absolute Gasteiger partial charge is 0.314 e. The molecule has 1 saturated heterocycles. The van der Waals surface area contributed by atoms with Gasteiger partial charge in [-0.1, -0.05) is 24.1 Å². The van der Waals surface area contributed by atoms with Crippen molar-refractivity contribution >= 4 is 24.0 Å². The number of rotatable bonds is 3. The highest BCUT2D eigenvalue weighted by Crippen LogP contribution is 2.46. The summed E-state index contributed by atoms with van der Waals surface area (Å²) in [6.45, 7) is 3.25. The van der Waals surface area contributed by atoms with Gasteiger partial charge in [-0.3, -0.25) is 4.90 Å². The van der Waals surface area contributed by atoms with Gasteiger partial charge in [-0.2, -0.15) is 13.2 Å². The van der Waals surface area contributed by atoms with Crippen molar-refractivity contribution in [2.75, 3.05) is 26.2 Å². The fraction of sp³-hybridized carbons (Fsp3) is 0.625. The fourth-order valence-electron chi connectivity index (χ4n) is 3.50. The minimum atomic E-state index is -4.36. The molecule has 0 radical (unpaired) electrons. The molecule has 0 unspecified atom stereocenters. The maximum absolute atomic E-state index is 13.5. The number of hydrogen-bond donors (Lipinski definition) is 1. The minimum Gasteiger partial charge on any atom is -0.314 e. The molecule has 2 aliphatic rings. The third kappa shape index (κ3) is 4.13. The molecule has 3 rings (SSSR count). The highest BCUT2D eigenvalue weighted by atomic mass is 35.5. The first-order valence-corrected chi connectivity index (χ1v) is 8.16. The number of halogens is 5. The molecule has 1 atom stereocenters. The largest absolute Gasteiger partial charge is 0.416 e. The molecular weight excluding hydrogens is 348 g/mol. The molecule has 1 saturated carbocycles. The van der Waals surface area contributed by atoms with Crippen LogP contribution in [0.1, 0.15) is 36.4 Å². The van der Waals surface area contributed by atoms with E-state index < -0.39 is 11.7 Å². The van der Waals surface area contributed by atoms with E-state index in [1.54, 1.807) is 12.1 Å². The molecule has 1 N–H and O–H groups in total. The topological polar surface area (TPSA) is 15.3 Å². The Morgan fingerprint density at radius 2 is 1.83 bits per heavy atom. The first-order valence-electron chi connectivity index (χ1n) is 7.78. The van der Waals surface area contributed by atoms with Gasteiger partial charge in [-0.15, -0.1) is 12.4 Å². The molecular formula is C16H21Cl2F3N2. The van der Waals surface area contributed by atoms with Gasteiger partial charge in [0.25, 0.3) is 0 Å². The van der Waals surface area contributed by atoms with Gasteiger partial charge in [0.2, 0.25) is 0 Å². The summed E-state index contributed by atoms with van der Waals surface area (Å²) in [6, 6.07) is 4.09. The molecule has 2 fully saturated rings. The zero-order valence-electron chi connectivity index (χ0n) is 12.7. The van der Waals surface area contributed by atoms with Crippen LogP contribution in [0.4, 0.5) is 13.2 Å². The molecule has 0 bridgehead atoms. The number of nitrogens with zero attached hydrogens (tertiary/aromatic N) is 1. The molecule has 1 aromatic rings. The zero-order valence-corrected chi connectivity index (χ0v) is 14.3. The maximum Gasteiger partial charge on any atom is 0.416 e. The van der Waals surface area contributed by atoms with E-state index in [1.807, 2.05) is 0 Å². The minimum absolute atomic E-state index is 0. The predicted octanol–water partition coefficient (Wildman–Crippen LogP) is 4.53. The number of alkyl halides is 3. The van der Waals surface area contributed by atoms with E-state index in [-0.39, 0.29) is 23.5 Å². The Bertz CT molecular complexity index is 527. The number of hydrogen-bond acceptors (Lipinski definition) is 2. The molecule has 1 heterocycles. The monoisotopic (exact) mass is 368 g/mol.